The number of rotatable bonds is 14. The van der Waals surface area contributed by atoms with Crippen LogP contribution in [-0.4, -0.2) is 40.7 Å². The third-order valence-electron chi connectivity index (χ3n) is 6.15. The van der Waals surface area contributed by atoms with E-state index in [-0.39, 0.29) is 18.4 Å². The fourth-order valence-corrected chi connectivity index (χ4v) is 4.18. The summed E-state index contributed by atoms with van der Waals surface area (Å²) in [6.07, 6.45) is 2.70. The number of hydrogen-bond donors (Lipinski definition) is 1. The second-order valence-electron chi connectivity index (χ2n) is 9.00. The number of hydrogen-bond acceptors (Lipinski definition) is 4. The largest absolute Gasteiger partial charge is 0.480 e. The molecule has 0 aliphatic rings. The molecular weight excluding hydrogens is 466 g/mol. The van der Waals surface area contributed by atoms with Gasteiger partial charge in [-0.3, -0.25) is 0 Å². The molecule has 0 amide bonds. The van der Waals surface area contributed by atoms with Gasteiger partial charge in [-0.2, -0.15) is 5.10 Å². The molecule has 0 fully saturated rings. The minimum Gasteiger partial charge on any atom is -0.480 e. The molecule has 1 heterocycles. The van der Waals surface area contributed by atoms with Gasteiger partial charge in [0.1, 0.15) is 12.3 Å². The van der Waals surface area contributed by atoms with Crippen LogP contribution in [0, 0.1) is 23.5 Å². The van der Waals surface area contributed by atoms with Crippen LogP contribution in [-0.2, 0) is 16.1 Å². The zero-order valence-corrected chi connectivity index (χ0v) is 21.0. The first-order valence-corrected chi connectivity index (χ1v) is 12.4. The highest BCUT2D eigenvalue weighted by molar-refractivity contribution is 5.84. The lowest BCUT2D eigenvalue weighted by molar-refractivity contribution is -0.142. The van der Waals surface area contributed by atoms with Crippen LogP contribution in [0.2, 0.25) is 0 Å². The molecule has 8 heteroatoms. The van der Waals surface area contributed by atoms with Crippen molar-refractivity contribution in [2.75, 3.05) is 19.8 Å². The van der Waals surface area contributed by atoms with E-state index in [1.54, 1.807) is 6.07 Å². The van der Waals surface area contributed by atoms with Gasteiger partial charge in [0, 0.05) is 18.7 Å². The second kappa shape index (κ2) is 13.2. The fraction of sp³-hybridized carbons (Fsp3) is 0.429. The van der Waals surface area contributed by atoms with Gasteiger partial charge in [-0.1, -0.05) is 56.7 Å². The van der Waals surface area contributed by atoms with E-state index in [0.29, 0.717) is 42.5 Å². The Morgan fingerprint density at radius 3 is 2.44 bits per heavy atom. The van der Waals surface area contributed by atoms with E-state index in [1.165, 1.54) is 6.07 Å². The van der Waals surface area contributed by atoms with Gasteiger partial charge in [-0.25, -0.2) is 18.3 Å². The van der Waals surface area contributed by atoms with Crippen molar-refractivity contribution in [3.8, 4) is 28.3 Å². The number of carboxylic acids is 1. The quantitative estimate of drug-likeness (QED) is 0.276. The van der Waals surface area contributed by atoms with Gasteiger partial charge in [0.05, 0.1) is 12.2 Å². The number of benzene rings is 2. The Morgan fingerprint density at radius 2 is 1.81 bits per heavy atom. The summed E-state index contributed by atoms with van der Waals surface area (Å²) in [5, 5.41) is 13.6. The van der Waals surface area contributed by atoms with Gasteiger partial charge in [-0.05, 0) is 49.3 Å². The molecule has 0 spiro atoms. The summed E-state index contributed by atoms with van der Waals surface area (Å²) < 4.78 is 41.0. The van der Waals surface area contributed by atoms with Crippen molar-refractivity contribution in [2.45, 2.75) is 46.6 Å². The van der Waals surface area contributed by atoms with Crippen LogP contribution in [0.1, 0.15) is 40.0 Å². The second-order valence-corrected chi connectivity index (χ2v) is 9.00. The molecule has 0 bridgehead atoms. The summed E-state index contributed by atoms with van der Waals surface area (Å²) in [6, 6.07) is 13.4. The summed E-state index contributed by atoms with van der Waals surface area (Å²) >= 11 is 0. The van der Waals surface area contributed by atoms with Gasteiger partial charge >= 0.3 is 5.97 Å². The average molecular weight is 501 g/mol. The molecular formula is C28H34F2N2O4. The minimum absolute atomic E-state index is 0.222. The first-order valence-electron chi connectivity index (χ1n) is 12.4. The van der Waals surface area contributed by atoms with E-state index < -0.39 is 17.6 Å². The molecule has 1 aromatic heterocycles. The summed E-state index contributed by atoms with van der Waals surface area (Å²) in [4.78, 5) is 10.7. The average Bonchev–Trinajstić information content (AvgIpc) is 3.21. The zero-order chi connectivity index (χ0) is 26.1. The van der Waals surface area contributed by atoms with Crippen LogP contribution in [0.15, 0.2) is 48.5 Å². The third-order valence-corrected chi connectivity index (χ3v) is 6.15. The van der Waals surface area contributed by atoms with Crippen LogP contribution < -0.4 is 4.74 Å². The van der Waals surface area contributed by atoms with Gasteiger partial charge in [0.2, 0.25) is 5.88 Å². The molecule has 1 N–H and O–H groups in total. The summed E-state index contributed by atoms with van der Waals surface area (Å²) in [5.74, 6) is -1.77. The molecule has 194 valence electrons. The molecule has 0 saturated carbocycles. The maximum Gasteiger partial charge on any atom is 0.329 e. The van der Waals surface area contributed by atoms with Gasteiger partial charge in [-0.15, -0.1) is 0 Å². The maximum absolute atomic E-state index is 14.2. The highest BCUT2D eigenvalue weighted by Crippen LogP contribution is 2.40. The number of aromatic nitrogens is 2. The molecule has 0 aliphatic heterocycles. The molecule has 2 atom stereocenters. The Hall–Kier alpha value is -3.26. The predicted molar refractivity (Wildman–Crippen MR) is 135 cm³/mol. The molecule has 36 heavy (non-hydrogen) atoms. The molecule has 0 unspecified atom stereocenters. The monoisotopic (exact) mass is 500 g/mol. The molecule has 2 aromatic carbocycles. The van der Waals surface area contributed by atoms with Crippen LogP contribution in [0.3, 0.4) is 0 Å². The fourth-order valence-electron chi connectivity index (χ4n) is 4.18. The van der Waals surface area contributed by atoms with E-state index in [2.05, 4.69) is 6.92 Å². The zero-order valence-electron chi connectivity index (χ0n) is 21.0. The van der Waals surface area contributed by atoms with Gasteiger partial charge in [0.15, 0.2) is 11.6 Å². The van der Waals surface area contributed by atoms with Crippen LogP contribution in [0.25, 0.3) is 22.4 Å². The Morgan fingerprint density at radius 1 is 1.06 bits per heavy atom. The number of carbonyl (C=O) groups is 1. The normalized spacial score (nSPS) is 12.9. The summed E-state index contributed by atoms with van der Waals surface area (Å²) in [6.45, 7) is 7.14. The lowest BCUT2D eigenvalue weighted by Gasteiger charge is -2.19. The number of nitrogens with zero attached hydrogens (tertiary/aromatic N) is 2. The number of carboxylic acid groups (broad SMARTS) is 1. The molecule has 0 aliphatic carbocycles. The lowest BCUT2D eigenvalue weighted by atomic mass is 9.95. The Bertz CT molecular complexity index is 1130. The van der Waals surface area contributed by atoms with Crippen molar-refractivity contribution in [1.29, 1.82) is 0 Å². The van der Waals surface area contributed by atoms with Crippen LogP contribution >= 0.6 is 0 Å². The first kappa shape index (κ1) is 27.3. The summed E-state index contributed by atoms with van der Waals surface area (Å²) in [5.41, 5.74) is 2.64. The van der Waals surface area contributed by atoms with Crippen molar-refractivity contribution >= 4 is 5.97 Å². The van der Waals surface area contributed by atoms with E-state index in [4.69, 9.17) is 19.7 Å². The van der Waals surface area contributed by atoms with Crippen molar-refractivity contribution in [2.24, 2.45) is 11.8 Å². The Kier molecular flexibility index (Phi) is 9.99. The number of halogens is 2. The molecule has 6 nitrogen and oxygen atoms in total. The number of ether oxygens (including phenoxy) is 2. The smallest absolute Gasteiger partial charge is 0.329 e. The first-order chi connectivity index (χ1) is 17.3. The maximum atomic E-state index is 14.2. The lowest BCUT2D eigenvalue weighted by Crippen LogP contribution is -2.16. The third kappa shape index (κ3) is 7.13. The van der Waals surface area contributed by atoms with Gasteiger partial charge in [0.25, 0.3) is 0 Å². The molecule has 3 aromatic rings. The predicted octanol–water partition coefficient (Wildman–Crippen LogP) is 6.44. The number of aliphatic carboxylic acids is 1. The topological polar surface area (TPSA) is 73.6 Å². The van der Waals surface area contributed by atoms with Crippen molar-refractivity contribution < 1.29 is 28.2 Å². The minimum atomic E-state index is -0.971. The van der Waals surface area contributed by atoms with Crippen molar-refractivity contribution in [1.82, 2.24) is 9.78 Å². The highest BCUT2D eigenvalue weighted by Gasteiger charge is 2.24. The highest BCUT2D eigenvalue weighted by atomic mass is 19.2. The summed E-state index contributed by atoms with van der Waals surface area (Å²) in [7, 11) is 0. The van der Waals surface area contributed by atoms with E-state index in [1.807, 2.05) is 48.9 Å². The van der Waals surface area contributed by atoms with Crippen molar-refractivity contribution in [3.05, 3.63) is 60.2 Å². The standard InChI is InChI=1S/C28H34F2N2O4/c1-4-20(12-11-19(3)17-35-18-25(33)34)16-32-28(36-5-2)26(22-13-14-23(29)24(30)15-22)27(31-32)21-9-7-6-8-10-21/h6-10,13-15,19-20H,4-5,11-12,16-18H2,1-3H3,(H,33,34)/t19-,20+/m1/s1. The molecule has 0 radical (unpaired) electrons. The van der Waals surface area contributed by atoms with Crippen LogP contribution in [0.5, 0.6) is 5.88 Å². The SMILES string of the molecule is CCOc1c(-c2ccc(F)c(F)c2)c(-c2ccccc2)nn1C[C@@H](CC)CC[C@@H](C)COCC(=O)O. The van der Waals surface area contributed by atoms with E-state index in [9.17, 15) is 13.6 Å². The molecule has 3 rings (SSSR count). The Balaban J connectivity index is 1.91. The Labute approximate surface area is 210 Å². The van der Waals surface area contributed by atoms with E-state index >= 15 is 0 Å². The van der Waals surface area contributed by atoms with Gasteiger partial charge < -0.3 is 14.6 Å². The van der Waals surface area contributed by atoms with Crippen LogP contribution in [0.4, 0.5) is 8.78 Å². The van der Waals surface area contributed by atoms with Crippen molar-refractivity contribution in [3.63, 3.8) is 0 Å². The molecule has 0 saturated heterocycles. The van der Waals surface area contributed by atoms with E-state index in [0.717, 1.165) is 30.9 Å².